The number of hydrogen-bond acceptors (Lipinski definition) is 5. The van der Waals surface area contributed by atoms with Crippen molar-refractivity contribution in [3.63, 3.8) is 0 Å². The Morgan fingerprint density at radius 2 is 2.27 bits per heavy atom. The third-order valence-electron chi connectivity index (χ3n) is 3.01. The van der Waals surface area contributed by atoms with Crippen LogP contribution in [0.1, 0.15) is 11.4 Å². The molecule has 1 aromatic carbocycles. The third-order valence-corrected chi connectivity index (χ3v) is 4.43. The van der Waals surface area contributed by atoms with Crippen LogP contribution in [0.25, 0.3) is 11.3 Å². The number of thioether (sulfide) groups is 1. The predicted molar refractivity (Wildman–Crippen MR) is 99.1 cm³/mol. The van der Waals surface area contributed by atoms with Gasteiger partial charge in [0.15, 0.2) is 0 Å². The number of aryl methyl sites for hydroxylation is 1. The lowest BCUT2D eigenvalue weighted by Gasteiger charge is -2.12. The number of halogens is 1. The second-order valence-corrected chi connectivity index (χ2v) is 6.76. The molecule has 1 heterocycles. The first-order chi connectivity index (χ1) is 10.1. The topological polar surface area (TPSA) is 68.0 Å². The van der Waals surface area contributed by atoms with Crippen LogP contribution >= 0.6 is 35.5 Å². The molecule has 0 aliphatic carbocycles. The molecule has 0 fully saturated rings. The minimum absolute atomic E-state index is 0. The molecule has 4 nitrogen and oxygen atoms in total. The van der Waals surface area contributed by atoms with Crippen molar-refractivity contribution < 1.29 is 4.79 Å². The Labute approximate surface area is 145 Å². The number of carbonyl (C=O) groups excluding carboxylic acids is 1. The fourth-order valence-corrected chi connectivity index (χ4v) is 2.97. The van der Waals surface area contributed by atoms with E-state index in [1.54, 1.807) is 23.1 Å². The summed E-state index contributed by atoms with van der Waals surface area (Å²) in [6, 6.07) is 7.21. The van der Waals surface area contributed by atoms with Crippen molar-refractivity contribution in [1.29, 1.82) is 0 Å². The Kier molecular flexibility index (Phi) is 7.89. The minimum Gasteiger partial charge on any atom is -0.325 e. The Balaban J connectivity index is 0.00000242. The second-order valence-electron chi connectivity index (χ2n) is 4.71. The molecule has 0 radical (unpaired) electrons. The molecule has 1 aromatic heterocycles. The molecule has 7 heteroatoms. The van der Waals surface area contributed by atoms with Crippen molar-refractivity contribution in [1.82, 2.24) is 4.98 Å². The van der Waals surface area contributed by atoms with Crippen LogP contribution in [0, 0.1) is 6.92 Å². The van der Waals surface area contributed by atoms with E-state index in [1.807, 2.05) is 42.8 Å². The molecule has 0 saturated heterocycles. The molecule has 120 valence electrons. The smallest absolute Gasteiger partial charge is 0.241 e. The summed E-state index contributed by atoms with van der Waals surface area (Å²) >= 11 is 3.30. The zero-order valence-corrected chi connectivity index (χ0v) is 15.0. The number of benzene rings is 1. The SMILES string of the molecule is CSCC[C@H](N)C(=O)Nc1cccc(-c2csc(C)n2)c1.Cl. The normalized spacial score (nSPS) is 11.6. The van der Waals surface area contributed by atoms with Gasteiger partial charge in [-0.2, -0.15) is 11.8 Å². The monoisotopic (exact) mass is 357 g/mol. The average Bonchev–Trinajstić information content (AvgIpc) is 2.91. The van der Waals surface area contributed by atoms with Gasteiger partial charge in [-0.05, 0) is 37.5 Å². The first-order valence-corrected chi connectivity index (χ1v) is 8.95. The summed E-state index contributed by atoms with van der Waals surface area (Å²) in [5.41, 5.74) is 8.55. The lowest BCUT2D eigenvalue weighted by atomic mass is 10.1. The Bertz CT molecular complexity index is 618. The number of nitrogens with one attached hydrogen (secondary N) is 1. The van der Waals surface area contributed by atoms with E-state index in [-0.39, 0.29) is 18.3 Å². The van der Waals surface area contributed by atoms with Gasteiger partial charge < -0.3 is 11.1 Å². The van der Waals surface area contributed by atoms with E-state index >= 15 is 0 Å². The van der Waals surface area contributed by atoms with Crippen LogP contribution < -0.4 is 11.1 Å². The maximum atomic E-state index is 12.0. The predicted octanol–water partition coefficient (Wildman–Crippen LogP) is 3.56. The van der Waals surface area contributed by atoms with Gasteiger partial charge in [0.2, 0.25) is 5.91 Å². The quantitative estimate of drug-likeness (QED) is 0.829. The third kappa shape index (κ3) is 5.28. The van der Waals surface area contributed by atoms with Crippen molar-refractivity contribution in [2.75, 3.05) is 17.3 Å². The van der Waals surface area contributed by atoms with Crippen molar-refractivity contribution in [3.8, 4) is 11.3 Å². The molecule has 0 aliphatic rings. The van der Waals surface area contributed by atoms with E-state index in [2.05, 4.69) is 10.3 Å². The van der Waals surface area contributed by atoms with E-state index in [1.165, 1.54) is 0 Å². The van der Waals surface area contributed by atoms with Crippen LogP contribution in [-0.4, -0.2) is 28.9 Å². The fraction of sp³-hybridized carbons (Fsp3) is 0.333. The number of aromatic nitrogens is 1. The van der Waals surface area contributed by atoms with Gasteiger partial charge in [-0.1, -0.05) is 12.1 Å². The standard InChI is InChI=1S/C15H19N3OS2.ClH/c1-10-17-14(9-21-10)11-4-3-5-12(8-11)18-15(19)13(16)6-7-20-2;/h3-5,8-9,13H,6-7,16H2,1-2H3,(H,18,19);1H/t13-;/m0./s1. The highest BCUT2D eigenvalue weighted by Crippen LogP contribution is 2.24. The molecule has 22 heavy (non-hydrogen) atoms. The van der Waals surface area contributed by atoms with Gasteiger partial charge in [0, 0.05) is 16.6 Å². The van der Waals surface area contributed by atoms with Crippen LogP contribution in [0.15, 0.2) is 29.6 Å². The molecule has 2 rings (SSSR count). The van der Waals surface area contributed by atoms with Crippen molar-refractivity contribution in [2.45, 2.75) is 19.4 Å². The first kappa shape index (κ1) is 19.0. The molecule has 2 aromatic rings. The summed E-state index contributed by atoms with van der Waals surface area (Å²) in [6.07, 6.45) is 2.68. The highest BCUT2D eigenvalue weighted by Gasteiger charge is 2.13. The number of carbonyl (C=O) groups is 1. The van der Waals surface area contributed by atoms with E-state index in [0.717, 1.165) is 27.7 Å². The zero-order valence-electron chi connectivity index (χ0n) is 12.5. The van der Waals surface area contributed by atoms with Crippen LogP contribution in [0.4, 0.5) is 5.69 Å². The number of nitrogens with zero attached hydrogens (tertiary/aromatic N) is 1. The lowest BCUT2D eigenvalue weighted by Crippen LogP contribution is -2.36. The van der Waals surface area contributed by atoms with Crippen LogP contribution in [0.3, 0.4) is 0 Å². The number of thiazole rings is 1. The molecule has 0 bridgehead atoms. The molecular formula is C15H20ClN3OS2. The summed E-state index contributed by atoms with van der Waals surface area (Å²) in [6.45, 7) is 1.98. The minimum atomic E-state index is -0.470. The number of anilines is 1. The van der Waals surface area contributed by atoms with Crippen LogP contribution in [0.5, 0.6) is 0 Å². The summed E-state index contributed by atoms with van der Waals surface area (Å²) in [5.74, 6) is 0.739. The zero-order chi connectivity index (χ0) is 15.2. The number of amides is 1. The number of nitrogens with two attached hydrogens (primary N) is 1. The molecule has 1 atom stereocenters. The molecule has 0 saturated carbocycles. The number of rotatable bonds is 6. The second kappa shape index (κ2) is 9.15. The summed E-state index contributed by atoms with van der Waals surface area (Å²) in [5, 5.41) is 5.91. The van der Waals surface area contributed by atoms with E-state index in [0.29, 0.717) is 6.42 Å². The largest absolute Gasteiger partial charge is 0.325 e. The molecule has 3 N–H and O–H groups in total. The summed E-state index contributed by atoms with van der Waals surface area (Å²) in [4.78, 5) is 16.5. The van der Waals surface area contributed by atoms with Crippen LogP contribution in [0.2, 0.25) is 0 Å². The first-order valence-electron chi connectivity index (χ1n) is 6.68. The molecule has 0 unspecified atom stereocenters. The van der Waals surface area contributed by atoms with Crippen molar-refractivity contribution in [3.05, 3.63) is 34.7 Å². The van der Waals surface area contributed by atoms with E-state index in [4.69, 9.17) is 5.73 Å². The van der Waals surface area contributed by atoms with Gasteiger partial charge in [0.1, 0.15) is 0 Å². The van der Waals surface area contributed by atoms with Gasteiger partial charge in [0.25, 0.3) is 0 Å². The van der Waals surface area contributed by atoms with Gasteiger partial charge in [-0.15, -0.1) is 23.7 Å². The van der Waals surface area contributed by atoms with Gasteiger partial charge in [-0.3, -0.25) is 4.79 Å². The molecule has 0 spiro atoms. The summed E-state index contributed by atoms with van der Waals surface area (Å²) in [7, 11) is 0. The summed E-state index contributed by atoms with van der Waals surface area (Å²) < 4.78 is 0. The molecule has 1 amide bonds. The van der Waals surface area contributed by atoms with Crippen molar-refractivity contribution in [2.24, 2.45) is 5.73 Å². The van der Waals surface area contributed by atoms with Crippen molar-refractivity contribution >= 4 is 47.1 Å². The van der Waals surface area contributed by atoms with Gasteiger partial charge in [-0.25, -0.2) is 4.98 Å². The highest BCUT2D eigenvalue weighted by atomic mass is 35.5. The molecular weight excluding hydrogens is 338 g/mol. The van der Waals surface area contributed by atoms with Gasteiger partial charge in [0.05, 0.1) is 16.7 Å². The maximum absolute atomic E-state index is 12.0. The average molecular weight is 358 g/mol. The maximum Gasteiger partial charge on any atom is 0.241 e. The highest BCUT2D eigenvalue weighted by molar-refractivity contribution is 7.98. The Morgan fingerprint density at radius 3 is 2.91 bits per heavy atom. The fourth-order valence-electron chi connectivity index (χ4n) is 1.86. The van der Waals surface area contributed by atoms with Crippen LogP contribution in [-0.2, 0) is 4.79 Å². The number of hydrogen-bond donors (Lipinski definition) is 2. The van der Waals surface area contributed by atoms with Gasteiger partial charge >= 0.3 is 0 Å². The van der Waals surface area contributed by atoms with E-state index in [9.17, 15) is 4.79 Å². The molecule has 0 aliphatic heterocycles. The Morgan fingerprint density at radius 1 is 1.50 bits per heavy atom. The lowest BCUT2D eigenvalue weighted by molar-refractivity contribution is -0.117. The Hall–Kier alpha value is -1.08. The van der Waals surface area contributed by atoms with E-state index < -0.39 is 6.04 Å².